The van der Waals surface area contributed by atoms with Crippen LogP contribution in [-0.4, -0.2) is 42.0 Å². The minimum atomic E-state index is 0.0332. The zero-order chi connectivity index (χ0) is 16.8. The highest BCUT2D eigenvalue weighted by atomic mass is 16.2. The SMILES string of the molecule is CC(c1ccccc1)N1CCN(C(=O)NCc2ccccc2)CC1. The highest BCUT2D eigenvalue weighted by Crippen LogP contribution is 2.21. The molecule has 24 heavy (non-hydrogen) atoms. The maximum Gasteiger partial charge on any atom is 0.317 e. The lowest BCUT2D eigenvalue weighted by molar-refractivity contribution is 0.114. The quantitative estimate of drug-likeness (QED) is 0.937. The van der Waals surface area contributed by atoms with Gasteiger partial charge in [-0.15, -0.1) is 0 Å². The largest absolute Gasteiger partial charge is 0.334 e. The van der Waals surface area contributed by atoms with E-state index in [-0.39, 0.29) is 6.03 Å². The van der Waals surface area contributed by atoms with Crippen molar-refractivity contribution in [2.24, 2.45) is 0 Å². The molecule has 1 aliphatic heterocycles. The van der Waals surface area contributed by atoms with E-state index in [1.54, 1.807) is 0 Å². The van der Waals surface area contributed by atoms with Crippen molar-refractivity contribution < 1.29 is 4.79 Å². The van der Waals surface area contributed by atoms with E-state index in [1.165, 1.54) is 5.56 Å². The van der Waals surface area contributed by atoms with Crippen molar-refractivity contribution in [2.45, 2.75) is 19.5 Å². The molecule has 1 atom stereocenters. The Morgan fingerprint density at radius 3 is 2.17 bits per heavy atom. The number of piperazine rings is 1. The molecular formula is C20H25N3O. The Balaban J connectivity index is 1.47. The molecule has 0 spiro atoms. The average Bonchev–Trinajstić information content (AvgIpc) is 2.67. The summed E-state index contributed by atoms with van der Waals surface area (Å²) in [6, 6.07) is 21.0. The number of benzene rings is 2. The van der Waals surface area contributed by atoms with Crippen LogP contribution in [0.4, 0.5) is 4.79 Å². The van der Waals surface area contributed by atoms with Crippen LogP contribution < -0.4 is 5.32 Å². The second-order valence-electron chi connectivity index (χ2n) is 6.25. The predicted octanol–water partition coefficient (Wildman–Crippen LogP) is 3.28. The summed E-state index contributed by atoms with van der Waals surface area (Å²) in [5, 5.41) is 3.01. The third kappa shape index (κ3) is 4.15. The van der Waals surface area contributed by atoms with Gasteiger partial charge >= 0.3 is 6.03 Å². The summed E-state index contributed by atoms with van der Waals surface area (Å²) in [6.07, 6.45) is 0. The van der Waals surface area contributed by atoms with Crippen molar-refractivity contribution in [3.05, 3.63) is 71.8 Å². The van der Waals surface area contributed by atoms with E-state index in [9.17, 15) is 4.79 Å². The Bertz CT molecular complexity index is 636. The van der Waals surface area contributed by atoms with Crippen LogP contribution in [0.5, 0.6) is 0 Å². The van der Waals surface area contributed by atoms with Gasteiger partial charge in [-0.25, -0.2) is 4.79 Å². The van der Waals surface area contributed by atoms with Gasteiger partial charge in [0.15, 0.2) is 0 Å². The van der Waals surface area contributed by atoms with Crippen LogP contribution in [-0.2, 0) is 6.54 Å². The summed E-state index contributed by atoms with van der Waals surface area (Å²) in [5.74, 6) is 0. The third-order valence-electron chi connectivity index (χ3n) is 4.72. The molecule has 1 aliphatic rings. The standard InChI is InChI=1S/C20H25N3O/c1-17(19-10-6-3-7-11-19)22-12-14-23(15-13-22)20(24)21-16-18-8-4-2-5-9-18/h2-11,17H,12-16H2,1H3,(H,21,24). The maximum absolute atomic E-state index is 12.3. The summed E-state index contributed by atoms with van der Waals surface area (Å²) in [6.45, 7) is 6.19. The third-order valence-corrected chi connectivity index (χ3v) is 4.72. The van der Waals surface area contributed by atoms with Crippen molar-refractivity contribution in [1.82, 2.24) is 15.1 Å². The van der Waals surface area contributed by atoms with Crippen LogP contribution >= 0.6 is 0 Å². The number of hydrogen-bond donors (Lipinski definition) is 1. The molecule has 1 N–H and O–H groups in total. The lowest BCUT2D eigenvalue weighted by Gasteiger charge is -2.38. The highest BCUT2D eigenvalue weighted by molar-refractivity contribution is 5.74. The highest BCUT2D eigenvalue weighted by Gasteiger charge is 2.24. The molecule has 0 aliphatic carbocycles. The zero-order valence-electron chi connectivity index (χ0n) is 14.2. The first-order chi connectivity index (χ1) is 11.7. The molecule has 1 saturated heterocycles. The van der Waals surface area contributed by atoms with Crippen LogP contribution in [0.25, 0.3) is 0 Å². The minimum absolute atomic E-state index is 0.0332. The van der Waals surface area contributed by atoms with Gasteiger partial charge in [-0.1, -0.05) is 60.7 Å². The van der Waals surface area contributed by atoms with Crippen molar-refractivity contribution >= 4 is 6.03 Å². The smallest absolute Gasteiger partial charge is 0.317 e. The lowest BCUT2D eigenvalue weighted by atomic mass is 10.1. The van der Waals surface area contributed by atoms with Gasteiger partial charge in [0, 0.05) is 38.8 Å². The Morgan fingerprint density at radius 2 is 1.54 bits per heavy atom. The summed E-state index contributed by atoms with van der Waals surface area (Å²) in [5.41, 5.74) is 2.46. The van der Waals surface area contributed by atoms with Gasteiger partial charge < -0.3 is 10.2 Å². The van der Waals surface area contributed by atoms with Crippen LogP contribution in [0.15, 0.2) is 60.7 Å². The molecule has 1 fully saturated rings. The number of urea groups is 1. The van der Waals surface area contributed by atoms with E-state index >= 15 is 0 Å². The summed E-state index contributed by atoms with van der Waals surface area (Å²) < 4.78 is 0. The van der Waals surface area contributed by atoms with Crippen LogP contribution in [0, 0.1) is 0 Å². The maximum atomic E-state index is 12.3. The van der Waals surface area contributed by atoms with Crippen LogP contribution in [0.3, 0.4) is 0 Å². The molecule has 4 heteroatoms. The van der Waals surface area contributed by atoms with E-state index < -0.39 is 0 Å². The predicted molar refractivity (Wildman–Crippen MR) is 96.7 cm³/mol. The minimum Gasteiger partial charge on any atom is -0.334 e. The molecule has 0 aromatic heterocycles. The number of carbonyl (C=O) groups excluding carboxylic acids is 1. The monoisotopic (exact) mass is 323 g/mol. The molecule has 0 bridgehead atoms. The van der Waals surface area contributed by atoms with E-state index in [1.807, 2.05) is 41.3 Å². The van der Waals surface area contributed by atoms with E-state index in [2.05, 4.69) is 41.4 Å². The molecule has 3 rings (SSSR count). The van der Waals surface area contributed by atoms with Gasteiger partial charge in [-0.05, 0) is 18.1 Å². The van der Waals surface area contributed by atoms with Gasteiger partial charge in [-0.2, -0.15) is 0 Å². The Morgan fingerprint density at radius 1 is 0.958 bits per heavy atom. The van der Waals surface area contributed by atoms with Gasteiger partial charge in [0.05, 0.1) is 0 Å². The molecule has 4 nitrogen and oxygen atoms in total. The fraction of sp³-hybridized carbons (Fsp3) is 0.350. The molecule has 1 unspecified atom stereocenters. The molecule has 2 aromatic carbocycles. The van der Waals surface area contributed by atoms with E-state index in [0.717, 1.165) is 31.7 Å². The number of nitrogens with zero attached hydrogens (tertiary/aromatic N) is 2. The topological polar surface area (TPSA) is 35.6 Å². The van der Waals surface area contributed by atoms with Crippen molar-refractivity contribution in [3.8, 4) is 0 Å². The first-order valence-corrected chi connectivity index (χ1v) is 8.60. The van der Waals surface area contributed by atoms with E-state index in [0.29, 0.717) is 12.6 Å². The average molecular weight is 323 g/mol. The van der Waals surface area contributed by atoms with E-state index in [4.69, 9.17) is 0 Å². The molecule has 2 aromatic rings. The number of carbonyl (C=O) groups is 1. The normalized spacial score (nSPS) is 16.6. The molecular weight excluding hydrogens is 298 g/mol. The fourth-order valence-electron chi connectivity index (χ4n) is 3.14. The van der Waals surface area contributed by atoms with Gasteiger partial charge in [-0.3, -0.25) is 4.90 Å². The Hall–Kier alpha value is -2.33. The number of rotatable bonds is 4. The van der Waals surface area contributed by atoms with Gasteiger partial charge in [0.2, 0.25) is 0 Å². The lowest BCUT2D eigenvalue weighted by Crippen LogP contribution is -2.52. The summed E-state index contributed by atoms with van der Waals surface area (Å²) in [7, 11) is 0. The Labute approximate surface area is 144 Å². The number of nitrogens with one attached hydrogen (secondary N) is 1. The van der Waals surface area contributed by atoms with Crippen LogP contribution in [0.2, 0.25) is 0 Å². The first-order valence-electron chi connectivity index (χ1n) is 8.60. The van der Waals surface area contributed by atoms with Crippen molar-refractivity contribution in [1.29, 1.82) is 0 Å². The van der Waals surface area contributed by atoms with Crippen LogP contribution in [0.1, 0.15) is 24.1 Å². The summed E-state index contributed by atoms with van der Waals surface area (Å²) >= 11 is 0. The fourth-order valence-corrected chi connectivity index (χ4v) is 3.14. The second-order valence-corrected chi connectivity index (χ2v) is 6.25. The summed E-state index contributed by atoms with van der Waals surface area (Å²) in [4.78, 5) is 16.7. The Kier molecular flexibility index (Phi) is 5.49. The first kappa shape index (κ1) is 16.5. The molecule has 2 amide bonds. The van der Waals surface area contributed by atoms with Gasteiger partial charge in [0.25, 0.3) is 0 Å². The van der Waals surface area contributed by atoms with Gasteiger partial charge in [0.1, 0.15) is 0 Å². The zero-order valence-corrected chi connectivity index (χ0v) is 14.2. The number of amides is 2. The molecule has 0 saturated carbocycles. The van der Waals surface area contributed by atoms with Crippen molar-refractivity contribution in [3.63, 3.8) is 0 Å². The second kappa shape index (κ2) is 7.97. The molecule has 0 radical (unpaired) electrons. The molecule has 126 valence electrons. The van der Waals surface area contributed by atoms with Crippen molar-refractivity contribution in [2.75, 3.05) is 26.2 Å². The number of hydrogen-bond acceptors (Lipinski definition) is 2. The molecule has 1 heterocycles.